The van der Waals surface area contributed by atoms with Crippen LogP contribution in [0.25, 0.3) is 10.9 Å². The lowest BCUT2D eigenvalue weighted by Crippen LogP contribution is -1.99. The van der Waals surface area contributed by atoms with Crippen molar-refractivity contribution in [3.05, 3.63) is 64.8 Å². The van der Waals surface area contributed by atoms with Crippen LogP contribution in [0.4, 0.5) is 5.69 Å². The highest BCUT2D eigenvalue weighted by Gasteiger charge is 2.04. The second-order valence-electron chi connectivity index (χ2n) is 4.52. The first-order valence-electron chi connectivity index (χ1n) is 6.26. The maximum absolute atomic E-state index is 8.97. The average molecular weight is 282 g/mol. The number of hydrogen-bond acceptors (Lipinski definition) is 2. The summed E-state index contributed by atoms with van der Waals surface area (Å²) in [6, 6.07) is 15.6. The summed E-state index contributed by atoms with van der Waals surface area (Å²) in [5.74, 6) is 0. The number of halogens is 1. The highest BCUT2D eigenvalue weighted by atomic mass is 35.5. The Labute approximate surface area is 121 Å². The van der Waals surface area contributed by atoms with E-state index in [2.05, 4.69) is 28.5 Å². The monoisotopic (exact) mass is 281 g/mol. The minimum Gasteiger partial charge on any atom is -0.381 e. The van der Waals surface area contributed by atoms with Gasteiger partial charge in [-0.05, 0) is 29.8 Å². The van der Waals surface area contributed by atoms with E-state index < -0.39 is 0 Å². The lowest BCUT2D eigenvalue weighted by molar-refractivity contribution is 1.16. The fourth-order valence-electron chi connectivity index (χ4n) is 2.20. The molecule has 0 saturated carbocycles. The Hall–Kier alpha value is -2.44. The number of aromatic amines is 1. The number of nitriles is 1. The molecule has 3 rings (SSSR count). The molecule has 0 aliphatic carbocycles. The number of benzene rings is 2. The molecule has 0 aliphatic heterocycles. The van der Waals surface area contributed by atoms with Gasteiger partial charge in [-0.15, -0.1) is 0 Å². The first-order chi connectivity index (χ1) is 9.78. The molecule has 3 nitrogen and oxygen atoms in total. The zero-order chi connectivity index (χ0) is 13.9. The molecule has 1 aromatic heterocycles. The topological polar surface area (TPSA) is 51.6 Å². The number of para-hydroxylation sites is 1. The second-order valence-corrected chi connectivity index (χ2v) is 4.93. The molecule has 0 fully saturated rings. The Morgan fingerprint density at radius 3 is 2.90 bits per heavy atom. The zero-order valence-corrected chi connectivity index (χ0v) is 11.4. The van der Waals surface area contributed by atoms with Crippen molar-refractivity contribution in [1.82, 2.24) is 4.98 Å². The van der Waals surface area contributed by atoms with Crippen molar-refractivity contribution >= 4 is 28.2 Å². The third kappa shape index (κ3) is 2.34. The van der Waals surface area contributed by atoms with Crippen molar-refractivity contribution in [1.29, 1.82) is 5.26 Å². The summed E-state index contributed by atoms with van der Waals surface area (Å²) in [7, 11) is 0. The van der Waals surface area contributed by atoms with Crippen molar-refractivity contribution in [2.24, 2.45) is 0 Å². The van der Waals surface area contributed by atoms with Crippen LogP contribution in [0.2, 0.25) is 5.02 Å². The van der Waals surface area contributed by atoms with E-state index in [9.17, 15) is 0 Å². The van der Waals surface area contributed by atoms with Gasteiger partial charge in [-0.2, -0.15) is 5.26 Å². The van der Waals surface area contributed by atoms with E-state index >= 15 is 0 Å². The van der Waals surface area contributed by atoms with E-state index in [1.54, 1.807) is 12.1 Å². The molecule has 0 unspecified atom stereocenters. The lowest BCUT2D eigenvalue weighted by atomic mass is 10.1. The molecule has 20 heavy (non-hydrogen) atoms. The van der Waals surface area contributed by atoms with Gasteiger partial charge >= 0.3 is 0 Å². The van der Waals surface area contributed by atoms with Crippen LogP contribution in [0.5, 0.6) is 0 Å². The number of nitrogens with zero attached hydrogens (tertiary/aromatic N) is 1. The van der Waals surface area contributed by atoms with Crippen LogP contribution >= 0.6 is 11.6 Å². The minimum atomic E-state index is 0.477. The Morgan fingerprint density at radius 1 is 1.20 bits per heavy atom. The Bertz CT molecular complexity index is 799. The number of nitrogens with one attached hydrogen (secondary N) is 2. The number of rotatable bonds is 3. The van der Waals surface area contributed by atoms with Gasteiger partial charge in [-0.25, -0.2) is 0 Å². The smallest absolute Gasteiger partial charge is 0.101 e. The molecular weight excluding hydrogens is 270 g/mol. The molecule has 0 bridgehead atoms. The quantitative estimate of drug-likeness (QED) is 0.752. The fraction of sp³-hybridized carbons (Fsp3) is 0.0625. The Kier molecular flexibility index (Phi) is 3.32. The zero-order valence-electron chi connectivity index (χ0n) is 10.7. The van der Waals surface area contributed by atoms with Gasteiger partial charge in [0.1, 0.15) is 6.07 Å². The van der Waals surface area contributed by atoms with Gasteiger partial charge in [0.25, 0.3) is 0 Å². The predicted molar refractivity (Wildman–Crippen MR) is 81.8 cm³/mol. The summed E-state index contributed by atoms with van der Waals surface area (Å²) in [4.78, 5) is 3.24. The highest BCUT2D eigenvalue weighted by Crippen LogP contribution is 2.22. The number of aromatic nitrogens is 1. The summed E-state index contributed by atoms with van der Waals surface area (Å²) >= 11 is 5.92. The van der Waals surface area contributed by atoms with Crippen LogP contribution in [0.3, 0.4) is 0 Å². The lowest BCUT2D eigenvalue weighted by Gasteiger charge is -2.06. The van der Waals surface area contributed by atoms with E-state index in [1.165, 1.54) is 10.9 Å². The molecule has 0 amide bonds. The van der Waals surface area contributed by atoms with Gasteiger partial charge in [-0.1, -0.05) is 29.8 Å². The SMILES string of the molecule is N#Cc1cc(NCc2c[nH]c3ccccc23)ccc1Cl. The molecule has 4 heteroatoms. The maximum Gasteiger partial charge on any atom is 0.101 e. The largest absolute Gasteiger partial charge is 0.381 e. The molecule has 3 aromatic rings. The Balaban J connectivity index is 1.81. The van der Waals surface area contributed by atoms with Crippen molar-refractivity contribution in [3.8, 4) is 6.07 Å². The van der Waals surface area contributed by atoms with E-state index in [-0.39, 0.29) is 0 Å². The molecule has 2 aromatic carbocycles. The normalized spacial score (nSPS) is 10.4. The van der Waals surface area contributed by atoms with Crippen LogP contribution in [-0.4, -0.2) is 4.98 Å². The van der Waals surface area contributed by atoms with Gasteiger partial charge in [0, 0.05) is 29.3 Å². The molecule has 98 valence electrons. The number of anilines is 1. The van der Waals surface area contributed by atoms with Gasteiger partial charge in [-0.3, -0.25) is 0 Å². The molecule has 0 saturated heterocycles. The van der Waals surface area contributed by atoms with Crippen LogP contribution in [-0.2, 0) is 6.54 Å². The summed E-state index contributed by atoms with van der Waals surface area (Å²) in [5.41, 5.74) is 3.68. The summed E-state index contributed by atoms with van der Waals surface area (Å²) in [6.45, 7) is 0.691. The highest BCUT2D eigenvalue weighted by molar-refractivity contribution is 6.31. The van der Waals surface area contributed by atoms with Gasteiger partial charge in [0.2, 0.25) is 0 Å². The molecule has 2 N–H and O–H groups in total. The van der Waals surface area contributed by atoms with Gasteiger partial charge < -0.3 is 10.3 Å². The summed E-state index contributed by atoms with van der Waals surface area (Å²) in [6.07, 6.45) is 2.00. The van der Waals surface area contributed by atoms with E-state index in [4.69, 9.17) is 16.9 Å². The fourth-order valence-corrected chi connectivity index (χ4v) is 2.36. The van der Waals surface area contributed by atoms with E-state index in [1.807, 2.05) is 24.4 Å². The molecule has 0 radical (unpaired) electrons. The standard InChI is InChI=1S/C16H12ClN3/c17-15-6-5-13(7-11(15)8-18)19-9-12-10-20-16-4-2-1-3-14(12)16/h1-7,10,19-20H,9H2. The molecular formula is C16H12ClN3. The Morgan fingerprint density at radius 2 is 2.05 bits per heavy atom. The first kappa shape index (κ1) is 12.6. The second kappa shape index (κ2) is 5.28. The van der Waals surface area contributed by atoms with Crippen LogP contribution < -0.4 is 5.32 Å². The van der Waals surface area contributed by atoms with Crippen LogP contribution in [0, 0.1) is 11.3 Å². The summed E-state index contributed by atoms with van der Waals surface area (Å²) < 4.78 is 0. The number of fused-ring (bicyclic) bond motifs is 1. The summed E-state index contributed by atoms with van der Waals surface area (Å²) in [5, 5.41) is 14.0. The maximum atomic E-state index is 8.97. The molecule has 0 atom stereocenters. The van der Waals surface area contributed by atoms with Gasteiger partial charge in [0.05, 0.1) is 10.6 Å². The van der Waals surface area contributed by atoms with Crippen molar-refractivity contribution < 1.29 is 0 Å². The first-order valence-corrected chi connectivity index (χ1v) is 6.64. The van der Waals surface area contributed by atoms with Crippen LogP contribution in [0.1, 0.15) is 11.1 Å². The third-order valence-electron chi connectivity index (χ3n) is 3.24. The minimum absolute atomic E-state index is 0.477. The molecule has 0 spiro atoms. The third-order valence-corrected chi connectivity index (χ3v) is 3.57. The van der Waals surface area contributed by atoms with E-state index in [0.717, 1.165) is 11.2 Å². The van der Waals surface area contributed by atoms with E-state index in [0.29, 0.717) is 17.1 Å². The van der Waals surface area contributed by atoms with Crippen molar-refractivity contribution in [2.75, 3.05) is 5.32 Å². The van der Waals surface area contributed by atoms with Gasteiger partial charge in [0.15, 0.2) is 0 Å². The van der Waals surface area contributed by atoms with Crippen molar-refractivity contribution in [2.45, 2.75) is 6.54 Å². The van der Waals surface area contributed by atoms with Crippen LogP contribution in [0.15, 0.2) is 48.7 Å². The molecule has 0 aliphatic rings. The van der Waals surface area contributed by atoms with Crippen molar-refractivity contribution in [3.63, 3.8) is 0 Å². The predicted octanol–water partition coefficient (Wildman–Crippen LogP) is 4.31. The average Bonchev–Trinajstić information content (AvgIpc) is 2.90. The number of H-pyrrole nitrogens is 1. The molecule has 1 heterocycles. The number of hydrogen-bond donors (Lipinski definition) is 2.